The van der Waals surface area contributed by atoms with Crippen LogP contribution in [0, 0.1) is 10.3 Å². The lowest BCUT2D eigenvalue weighted by Gasteiger charge is -2.10. The largest absolute Gasteiger partial charge is 0.494 e. The number of anilines is 1. The number of hydrogen-bond donors (Lipinski definition) is 2. The summed E-state index contributed by atoms with van der Waals surface area (Å²) in [5.41, 5.74) is 6.22. The van der Waals surface area contributed by atoms with Crippen LogP contribution in [0.5, 0.6) is 5.75 Å². The molecular formula is C10H13N3O3. The number of nitrogens with two attached hydrogens (primary N) is 1. The Balaban J connectivity index is 3.21. The first kappa shape index (κ1) is 12.0. The molecule has 0 fully saturated rings. The van der Waals surface area contributed by atoms with Crippen molar-refractivity contribution >= 4 is 17.3 Å². The Hall–Kier alpha value is -2.11. The van der Waals surface area contributed by atoms with E-state index in [1.54, 1.807) is 6.92 Å². The van der Waals surface area contributed by atoms with Gasteiger partial charge in [-0.15, -0.1) is 4.91 Å². The topological polar surface area (TPSA) is 97.8 Å². The van der Waals surface area contributed by atoms with Crippen LogP contribution < -0.4 is 10.5 Å². The lowest BCUT2D eigenvalue weighted by molar-refractivity contribution is 0.325. The molecule has 1 rings (SSSR count). The highest BCUT2D eigenvalue weighted by Crippen LogP contribution is 2.33. The predicted molar refractivity (Wildman–Crippen MR) is 61.3 cm³/mol. The van der Waals surface area contributed by atoms with Crippen LogP contribution in [-0.4, -0.2) is 19.6 Å². The SMILES string of the molecule is CCOC(=N)c1cc(N=O)c(N)c(OC)c1. The molecule has 1 aromatic rings. The van der Waals surface area contributed by atoms with Crippen molar-refractivity contribution in [3.05, 3.63) is 22.6 Å². The average Bonchev–Trinajstić information content (AvgIpc) is 2.29. The van der Waals surface area contributed by atoms with E-state index in [0.717, 1.165) is 0 Å². The lowest BCUT2D eigenvalue weighted by atomic mass is 10.1. The number of nitrogens with one attached hydrogen (secondary N) is 1. The minimum absolute atomic E-state index is 0.0406. The predicted octanol–water partition coefficient (Wildman–Crippen LogP) is 2.04. The van der Waals surface area contributed by atoms with Crippen molar-refractivity contribution in [2.75, 3.05) is 19.5 Å². The summed E-state index contributed by atoms with van der Waals surface area (Å²) in [4.78, 5) is 10.5. The molecule has 0 aliphatic heterocycles. The molecule has 0 radical (unpaired) electrons. The zero-order valence-corrected chi connectivity index (χ0v) is 9.11. The molecule has 3 N–H and O–H groups in total. The van der Waals surface area contributed by atoms with Gasteiger partial charge in [0.15, 0.2) is 0 Å². The van der Waals surface area contributed by atoms with Crippen molar-refractivity contribution < 1.29 is 9.47 Å². The van der Waals surface area contributed by atoms with Gasteiger partial charge in [0.1, 0.15) is 17.1 Å². The van der Waals surface area contributed by atoms with Gasteiger partial charge in [-0.05, 0) is 24.2 Å². The Bertz CT molecular complexity index is 418. The maximum Gasteiger partial charge on any atom is 0.213 e. The third kappa shape index (κ3) is 2.28. The van der Waals surface area contributed by atoms with Crippen LogP contribution in [0.4, 0.5) is 11.4 Å². The molecule has 0 saturated heterocycles. The number of nitrogen functional groups attached to an aromatic ring is 1. The van der Waals surface area contributed by atoms with E-state index in [-0.39, 0.29) is 17.3 Å². The molecule has 16 heavy (non-hydrogen) atoms. The van der Waals surface area contributed by atoms with Gasteiger partial charge in [0.2, 0.25) is 5.90 Å². The highest BCUT2D eigenvalue weighted by molar-refractivity contribution is 5.94. The molecule has 0 heterocycles. The summed E-state index contributed by atoms with van der Waals surface area (Å²) in [6.07, 6.45) is 0. The summed E-state index contributed by atoms with van der Waals surface area (Å²) < 4.78 is 9.99. The van der Waals surface area contributed by atoms with Gasteiger partial charge >= 0.3 is 0 Å². The van der Waals surface area contributed by atoms with Gasteiger partial charge < -0.3 is 15.2 Å². The lowest BCUT2D eigenvalue weighted by Crippen LogP contribution is -2.05. The third-order valence-corrected chi connectivity index (χ3v) is 1.99. The maximum atomic E-state index is 10.5. The van der Waals surface area contributed by atoms with Crippen molar-refractivity contribution in [1.29, 1.82) is 5.41 Å². The van der Waals surface area contributed by atoms with E-state index in [1.807, 2.05) is 0 Å². The molecule has 0 amide bonds. The van der Waals surface area contributed by atoms with Gasteiger partial charge in [0, 0.05) is 5.56 Å². The van der Waals surface area contributed by atoms with E-state index in [9.17, 15) is 4.91 Å². The molecule has 0 aromatic heterocycles. The first-order valence-corrected chi connectivity index (χ1v) is 4.66. The Morgan fingerprint density at radius 3 is 2.75 bits per heavy atom. The van der Waals surface area contributed by atoms with Crippen molar-refractivity contribution in [2.45, 2.75) is 6.92 Å². The Morgan fingerprint density at radius 1 is 1.56 bits per heavy atom. The molecule has 0 bridgehead atoms. The summed E-state index contributed by atoms with van der Waals surface area (Å²) >= 11 is 0. The minimum atomic E-state index is -0.0503. The highest BCUT2D eigenvalue weighted by atomic mass is 16.5. The molecular weight excluding hydrogens is 210 g/mol. The van der Waals surface area contributed by atoms with Crippen molar-refractivity contribution in [3.63, 3.8) is 0 Å². The van der Waals surface area contributed by atoms with Gasteiger partial charge in [0.05, 0.1) is 13.7 Å². The molecule has 0 saturated carbocycles. The third-order valence-electron chi connectivity index (χ3n) is 1.99. The number of ether oxygens (including phenoxy) is 2. The van der Waals surface area contributed by atoms with Crippen LogP contribution in [0.3, 0.4) is 0 Å². The number of nitroso groups, excluding NO2 is 1. The van der Waals surface area contributed by atoms with E-state index >= 15 is 0 Å². The van der Waals surface area contributed by atoms with Gasteiger partial charge in [0.25, 0.3) is 0 Å². The van der Waals surface area contributed by atoms with Gasteiger partial charge in [-0.25, -0.2) is 0 Å². The van der Waals surface area contributed by atoms with Crippen LogP contribution in [-0.2, 0) is 4.74 Å². The summed E-state index contributed by atoms with van der Waals surface area (Å²) in [6, 6.07) is 2.92. The van der Waals surface area contributed by atoms with Gasteiger partial charge in [-0.2, -0.15) is 0 Å². The van der Waals surface area contributed by atoms with Gasteiger partial charge in [-0.3, -0.25) is 5.41 Å². The first-order chi connectivity index (χ1) is 7.63. The Morgan fingerprint density at radius 2 is 2.25 bits per heavy atom. The standard InChI is InChI=1S/C10H13N3O3/c1-3-16-10(12)6-4-7(13-14)9(11)8(5-6)15-2/h4-5,12H,3,11H2,1-2H3. The summed E-state index contributed by atoms with van der Waals surface area (Å²) in [7, 11) is 1.42. The molecule has 0 unspecified atom stereocenters. The summed E-state index contributed by atoms with van der Waals surface area (Å²) in [6.45, 7) is 2.14. The zero-order chi connectivity index (χ0) is 12.1. The zero-order valence-electron chi connectivity index (χ0n) is 9.11. The molecule has 0 atom stereocenters. The minimum Gasteiger partial charge on any atom is -0.494 e. The number of benzene rings is 1. The number of rotatable bonds is 4. The second kappa shape index (κ2) is 5.11. The summed E-state index contributed by atoms with van der Waals surface area (Å²) in [5.74, 6) is 0.252. The molecule has 0 spiro atoms. The van der Waals surface area contributed by atoms with E-state index in [4.69, 9.17) is 20.6 Å². The van der Waals surface area contributed by atoms with Crippen LogP contribution in [0.1, 0.15) is 12.5 Å². The second-order valence-corrected chi connectivity index (χ2v) is 2.96. The van der Waals surface area contributed by atoms with E-state index in [2.05, 4.69) is 5.18 Å². The van der Waals surface area contributed by atoms with Crippen LogP contribution in [0.2, 0.25) is 0 Å². The normalized spacial score (nSPS) is 9.62. The fraction of sp³-hybridized carbons (Fsp3) is 0.300. The van der Waals surface area contributed by atoms with E-state index in [1.165, 1.54) is 19.2 Å². The first-order valence-electron chi connectivity index (χ1n) is 4.66. The van der Waals surface area contributed by atoms with Crippen molar-refractivity contribution in [3.8, 4) is 5.75 Å². The second-order valence-electron chi connectivity index (χ2n) is 2.96. The van der Waals surface area contributed by atoms with Crippen LogP contribution in [0.25, 0.3) is 0 Å². The fourth-order valence-corrected chi connectivity index (χ4v) is 1.22. The van der Waals surface area contributed by atoms with Crippen molar-refractivity contribution in [1.82, 2.24) is 0 Å². The molecule has 0 aliphatic carbocycles. The van der Waals surface area contributed by atoms with Gasteiger partial charge in [-0.1, -0.05) is 0 Å². The van der Waals surface area contributed by atoms with E-state index in [0.29, 0.717) is 17.9 Å². The highest BCUT2D eigenvalue weighted by Gasteiger charge is 2.12. The summed E-state index contributed by atoms with van der Waals surface area (Å²) in [5, 5.41) is 10.4. The van der Waals surface area contributed by atoms with Crippen LogP contribution >= 0.6 is 0 Å². The smallest absolute Gasteiger partial charge is 0.213 e. The molecule has 1 aromatic carbocycles. The number of nitrogens with zero attached hydrogens (tertiary/aromatic N) is 1. The van der Waals surface area contributed by atoms with Crippen molar-refractivity contribution in [2.24, 2.45) is 5.18 Å². The average molecular weight is 223 g/mol. The van der Waals surface area contributed by atoms with E-state index < -0.39 is 0 Å². The monoisotopic (exact) mass is 223 g/mol. The Kier molecular flexibility index (Phi) is 3.82. The molecule has 0 aliphatic rings. The van der Waals surface area contributed by atoms with Crippen LogP contribution in [0.15, 0.2) is 17.3 Å². The molecule has 6 heteroatoms. The number of methoxy groups -OCH3 is 1. The molecule has 86 valence electrons. The molecule has 6 nitrogen and oxygen atoms in total. The number of hydrogen-bond acceptors (Lipinski definition) is 6. The maximum absolute atomic E-state index is 10.5. The fourth-order valence-electron chi connectivity index (χ4n) is 1.22. The quantitative estimate of drug-likeness (QED) is 0.353. The Labute approximate surface area is 92.8 Å².